The average molecular weight is 501 g/mol. The molecule has 7 nitrogen and oxygen atoms in total. The topological polar surface area (TPSA) is 51.9 Å². The molecule has 0 bridgehead atoms. The van der Waals surface area contributed by atoms with Crippen molar-refractivity contribution in [1.29, 1.82) is 0 Å². The summed E-state index contributed by atoms with van der Waals surface area (Å²) >= 11 is 0. The lowest BCUT2D eigenvalue weighted by Gasteiger charge is -2.37. The molecule has 1 aromatic carbocycles. The second-order valence-electron chi connectivity index (χ2n) is 6.85. The first kappa shape index (κ1) is 22.3. The third-order valence-electron chi connectivity index (χ3n) is 4.87. The number of nitrogens with one attached hydrogen (secondary N) is 1. The van der Waals surface area contributed by atoms with Crippen molar-refractivity contribution >= 4 is 41.6 Å². The molecule has 1 aromatic heterocycles. The van der Waals surface area contributed by atoms with Crippen molar-refractivity contribution in [3.8, 4) is 0 Å². The Morgan fingerprint density at radius 1 is 1.18 bits per heavy atom. The van der Waals surface area contributed by atoms with Crippen LogP contribution in [0.2, 0.25) is 0 Å². The normalized spacial score (nSPS) is 14.7. The monoisotopic (exact) mass is 501 g/mol. The quantitative estimate of drug-likeness (QED) is 0.396. The number of anilines is 2. The minimum absolute atomic E-state index is 0. The molecule has 28 heavy (non-hydrogen) atoms. The highest BCUT2D eigenvalue weighted by molar-refractivity contribution is 14.0. The number of hydrogen-bond donors (Lipinski definition) is 1. The smallest absolute Gasteiger partial charge is 0.204 e. The van der Waals surface area contributed by atoms with Gasteiger partial charge >= 0.3 is 0 Å². The van der Waals surface area contributed by atoms with E-state index in [0.29, 0.717) is 6.54 Å². The number of nitrogens with zero attached hydrogens (tertiary/aromatic N) is 6. The Balaban J connectivity index is 0.00000280. The molecule has 2 heterocycles. The SMILES string of the molecule is CN=C(NCc1cnc(N(C)C)n1C)N1CCN(c2ccc(F)cc2)CC1.I. The molecule has 0 spiro atoms. The van der Waals surface area contributed by atoms with Crippen LogP contribution in [0.4, 0.5) is 16.0 Å². The Morgan fingerprint density at radius 3 is 2.36 bits per heavy atom. The summed E-state index contributed by atoms with van der Waals surface area (Å²) in [4.78, 5) is 15.4. The summed E-state index contributed by atoms with van der Waals surface area (Å²) in [6.07, 6.45) is 1.89. The molecule has 1 saturated heterocycles. The van der Waals surface area contributed by atoms with Gasteiger partial charge in [-0.2, -0.15) is 0 Å². The molecule has 0 amide bonds. The van der Waals surface area contributed by atoms with Crippen LogP contribution < -0.4 is 15.1 Å². The van der Waals surface area contributed by atoms with E-state index < -0.39 is 0 Å². The number of guanidine groups is 1. The minimum atomic E-state index is -0.199. The van der Waals surface area contributed by atoms with E-state index in [1.807, 2.05) is 51.4 Å². The van der Waals surface area contributed by atoms with Crippen molar-refractivity contribution in [3.05, 3.63) is 42.0 Å². The van der Waals surface area contributed by atoms with E-state index in [1.54, 1.807) is 0 Å². The van der Waals surface area contributed by atoms with Gasteiger partial charge in [-0.1, -0.05) is 0 Å². The van der Waals surface area contributed by atoms with Gasteiger partial charge in [0, 0.05) is 60.1 Å². The van der Waals surface area contributed by atoms with Crippen LogP contribution >= 0.6 is 24.0 Å². The first-order valence-electron chi connectivity index (χ1n) is 9.13. The predicted molar refractivity (Wildman–Crippen MR) is 123 cm³/mol. The Kier molecular flexibility index (Phi) is 7.90. The summed E-state index contributed by atoms with van der Waals surface area (Å²) < 4.78 is 15.2. The average Bonchev–Trinajstić information content (AvgIpc) is 3.04. The maximum atomic E-state index is 13.1. The molecule has 0 radical (unpaired) electrons. The van der Waals surface area contributed by atoms with E-state index in [9.17, 15) is 4.39 Å². The molecular formula is C19H29FIN7. The largest absolute Gasteiger partial charge is 0.368 e. The Labute approximate surface area is 183 Å². The number of aliphatic imine (C=N–C) groups is 1. The molecule has 2 aromatic rings. The number of benzene rings is 1. The van der Waals surface area contributed by atoms with E-state index in [1.165, 1.54) is 12.1 Å². The van der Waals surface area contributed by atoms with Gasteiger partial charge in [-0.25, -0.2) is 9.37 Å². The van der Waals surface area contributed by atoms with Crippen LogP contribution in [-0.2, 0) is 13.6 Å². The van der Waals surface area contributed by atoms with E-state index in [-0.39, 0.29) is 29.8 Å². The van der Waals surface area contributed by atoms with Crippen molar-refractivity contribution in [2.45, 2.75) is 6.54 Å². The van der Waals surface area contributed by atoms with Gasteiger partial charge in [0.05, 0.1) is 18.4 Å². The van der Waals surface area contributed by atoms with Gasteiger partial charge in [0.2, 0.25) is 5.95 Å². The molecule has 0 atom stereocenters. The van der Waals surface area contributed by atoms with Gasteiger partial charge in [0.25, 0.3) is 0 Å². The third kappa shape index (κ3) is 5.06. The molecule has 3 rings (SSSR count). The molecule has 1 N–H and O–H groups in total. The summed E-state index contributed by atoms with van der Waals surface area (Å²) in [6, 6.07) is 6.70. The summed E-state index contributed by atoms with van der Waals surface area (Å²) in [5.74, 6) is 1.62. The fourth-order valence-electron chi connectivity index (χ4n) is 3.34. The highest BCUT2D eigenvalue weighted by Gasteiger charge is 2.20. The van der Waals surface area contributed by atoms with Crippen molar-refractivity contribution in [3.63, 3.8) is 0 Å². The van der Waals surface area contributed by atoms with Crippen molar-refractivity contribution in [1.82, 2.24) is 19.8 Å². The first-order valence-corrected chi connectivity index (χ1v) is 9.13. The van der Waals surface area contributed by atoms with Gasteiger partial charge in [0.15, 0.2) is 5.96 Å². The Morgan fingerprint density at radius 2 is 1.82 bits per heavy atom. The van der Waals surface area contributed by atoms with E-state index >= 15 is 0 Å². The zero-order chi connectivity index (χ0) is 19.4. The van der Waals surface area contributed by atoms with Crippen LogP contribution in [0.15, 0.2) is 35.5 Å². The van der Waals surface area contributed by atoms with Crippen LogP contribution in [-0.4, -0.2) is 67.7 Å². The van der Waals surface area contributed by atoms with Crippen molar-refractivity contribution in [2.75, 3.05) is 57.1 Å². The van der Waals surface area contributed by atoms with Crippen molar-refractivity contribution < 1.29 is 4.39 Å². The molecule has 1 aliphatic rings. The predicted octanol–water partition coefficient (Wildman–Crippen LogP) is 2.14. The van der Waals surface area contributed by atoms with Gasteiger partial charge in [0.1, 0.15) is 5.82 Å². The van der Waals surface area contributed by atoms with E-state index in [0.717, 1.165) is 49.5 Å². The second kappa shape index (κ2) is 9.94. The van der Waals surface area contributed by atoms with Crippen LogP contribution in [0.25, 0.3) is 0 Å². The van der Waals surface area contributed by atoms with Crippen LogP contribution in [0, 0.1) is 5.82 Å². The highest BCUT2D eigenvalue weighted by atomic mass is 127. The molecule has 9 heteroatoms. The Bertz CT molecular complexity index is 780. The number of hydrogen-bond acceptors (Lipinski definition) is 4. The van der Waals surface area contributed by atoms with E-state index in [4.69, 9.17) is 0 Å². The molecule has 0 unspecified atom stereocenters. The highest BCUT2D eigenvalue weighted by Crippen LogP contribution is 2.17. The maximum absolute atomic E-state index is 13.1. The maximum Gasteiger partial charge on any atom is 0.204 e. The molecule has 0 saturated carbocycles. The lowest BCUT2D eigenvalue weighted by atomic mass is 10.2. The molecule has 1 aliphatic heterocycles. The van der Waals surface area contributed by atoms with Gasteiger partial charge < -0.3 is 24.6 Å². The lowest BCUT2D eigenvalue weighted by Crippen LogP contribution is -2.52. The van der Waals surface area contributed by atoms with Crippen LogP contribution in [0.1, 0.15) is 5.69 Å². The zero-order valence-electron chi connectivity index (χ0n) is 16.9. The summed E-state index contributed by atoms with van der Waals surface area (Å²) in [7, 11) is 7.80. The number of piperazine rings is 1. The van der Waals surface area contributed by atoms with Gasteiger partial charge in [-0.3, -0.25) is 4.99 Å². The van der Waals surface area contributed by atoms with Crippen molar-refractivity contribution in [2.24, 2.45) is 12.0 Å². The molecular weight excluding hydrogens is 472 g/mol. The van der Waals surface area contributed by atoms with E-state index in [2.05, 4.69) is 29.7 Å². The fourth-order valence-corrected chi connectivity index (χ4v) is 3.34. The molecule has 154 valence electrons. The first-order chi connectivity index (χ1) is 13.0. The lowest BCUT2D eigenvalue weighted by molar-refractivity contribution is 0.372. The number of halogens is 2. The van der Waals surface area contributed by atoms with Crippen LogP contribution in [0.3, 0.4) is 0 Å². The summed E-state index contributed by atoms with van der Waals surface area (Å²) in [5.41, 5.74) is 2.16. The second-order valence-corrected chi connectivity index (χ2v) is 6.85. The van der Waals surface area contributed by atoms with Gasteiger partial charge in [-0.05, 0) is 24.3 Å². The van der Waals surface area contributed by atoms with Gasteiger partial charge in [-0.15, -0.1) is 24.0 Å². The number of imidazole rings is 1. The number of rotatable bonds is 4. The molecule has 1 fully saturated rings. The Hall–Kier alpha value is -2.04. The zero-order valence-corrected chi connectivity index (χ0v) is 19.2. The molecule has 0 aliphatic carbocycles. The van der Waals surface area contributed by atoms with Crippen LogP contribution in [0.5, 0.6) is 0 Å². The summed E-state index contributed by atoms with van der Waals surface area (Å²) in [5, 5.41) is 3.44. The summed E-state index contributed by atoms with van der Waals surface area (Å²) in [6.45, 7) is 4.16. The standard InChI is InChI=1S/C19H28FN7.HI/c1-21-18(22-13-17-14-23-19(24(2)3)25(17)4)27-11-9-26(10-12-27)16-7-5-15(20)6-8-16;/h5-8,14H,9-13H2,1-4H3,(H,21,22);1H. The fraction of sp³-hybridized carbons (Fsp3) is 0.474. The number of aromatic nitrogens is 2. The third-order valence-corrected chi connectivity index (χ3v) is 4.87. The minimum Gasteiger partial charge on any atom is -0.368 e.